The Morgan fingerprint density at radius 2 is 0.944 bits per heavy atom. The molecular formula is C14H6F4. The van der Waals surface area contributed by atoms with Gasteiger partial charge in [-0.15, -0.1) is 0 Å². The van der Waals surface area contributed by atoms with Gasteiger partial charge in [-0.25, -0.2) is 17.6 Å². The van der Waals surface area contributed by atoms with Crippen molar-refractivity contribution in [3.63, 3.8) is 0 Å². The number of benzene rings is 3. The molecule has 0 heterocycles. The Labute approximate surface area is 99.5 Å². The molecule has 0 aromatic heterocycles. The smallest absolute Gasteiger partial charge is 0.198 e. The van der Waals surface area contributed by atoms with Crippen molar-refractivity contribution in [3.05, 3.63) is 59.7 Å². The second-order valence-corrected chi connectivity index (χ2v) is 4.00. The predicted molar refractivity (Wildman–Crippen MR) is 61.3 cm³/mol. The summed E-state index contributed by atoms with van der Waals surface area (Å²) in [7, 11) is 0. The molecule has 4 heteroatoms. The molecule has 0 amide bonds. The van der Waals surface area contributed by atoms with E-state index in [-0.39, 0.29) is 10.8 Å². The standard InChI is InChI=1S/C14H6F4/c15-11-9-5-7-3-1-2-4-8(7)6-10(9)12(16)14(18)13(11)17/h1-6H. The zero-order valence-corrected chi connectivity index (χ0v) is 8.98. The van der Waals surface area contributed by atoms with E-state index in [9.17, 15) is 17.6 Å². The number of halogens is 4. The van der Waals surface area contributed by atoms with Crippen molar-refractivity contribution in [1.29, 1.82) is 0 Å². The van der Waals surface area contributed by atoms with E-state index in [2.05, 4.69) is 0 Å². The zero-order chi connectivity index (χ0) is 12.9. The minimum atomic E-state index is -1.78. The lowest BCUT2D eigenvalue weighted by molar-refractivity contribution is 0.418. The van der Waals surface area contributed by atoms with Crippen LogP contribution in [-0.4, -0.2) is 0 Å². The molecule has 18 heavy (non-hydrogen) atoms. The highest BCUT2D eigenvalue weighted by Crippen LogP contribution is 2.30. The molecule has 0 aliphatic rings. The lowest BCUT2D eigenvalue weighted by Gasteiger charge is -2.06. The third-order valence-electron chi connectivity index (χ3n) is 2.94. The summed E-state index contributed by atoms with van der Waals surface area (Å²) in [6.07, 6.45) is 0. The number of fused-ring (bicyclic) bond motifs is 2. The van der Waals surface area contributed by atoms with Crippen LogP contribution in [0.5, 0.6) is 0 Å². The van der Waals surface area contributed by atoms with Gasteiger partial charge in [-0.05, 0) is 22.9 Å². The molecule has 0 saturated carbocycles. The Bertz CT molecular complexity index is 712. The maximum absolute atomic E-state index is 13.6. The third-order valence-corrected chi connectivity index (χ3v) is 2.94. The second-order valence-electron chi connectivity index (χ2n) is 4.00. The Kier molecular flexibility index (Phi) is 2.26. The van der Waals surface area contributed by atoms with Crippen molar-refractivity contribution in [3.8, 4) is 0 Å². The molecule has 0 radical (unpaired) electrons. The summed E-state index contributed by atoms with van der Waals surface area (Å²) in [6.45, 7) is 0. The van der Waals surface area contributed by atoms with Crippen molar-refractivity contribution >= 4 is 21.5 Å². The van der Waals surface area contributed by atoms with Crippen LogP contribution in [0.2, 0.25) is 0 Å². The summed E-state index contributed by atoms with van der Waals surface area (Å²) in [5.74, 6) is -6.30. The van der Waals surface area contributed by atoms with Gasteiger partial charge in [0.2, 0.25) is 0 Å². The van der Waals surface area contributed by atoms with E-state index in [4.69, 9.17) is 0 Å². The van der Waals surface area contributed by atoms with Gasteiger partial charge in [-0.3, -0.25) is 0 Å². The van der Waals surface area contributed by atoms with Crippen LogP contribution in [0, 0.1) is 23.3 Å². The molecule has 0 bridgehead atoms. The van der Waals surface area contributed by atoms with Crippen LogP contribution in [0.25, 0.3) is 21.5 Å². The van der Waals surface area contributed by atoms with Gasteiger partial charge in [0.25, 0.3) is 0 Å². The maximum atomic E-state index is 13.6. The minimum Gasteiger partial charge on any atom is -0.203 e. The van der Waals surface area contributed by atoms with Crippen molar-refractivity contribution < 1.29 is 17.6 Å². The van der Waals surface area contributed by atoms with Gasteiger partial charge in [0, 0.05) is 10.8 Å². The average Bonchev–Trinajstić information content (AvgIpc) is 2.41. The largest absolute Gasteiger partial charge is 0.203 e. The van der Waals surface area contributed by atoms with Gasteiger partial charge in [0.15, 0.2) is 23.3 Å². The van der Waals surface area contributed by atoms with Gasteiger partial charge in [0.1, 0.15) is 0 Å². The molecule has 0 fully saturated rings. The fraction of sp³-hybridized carbons (Fsp3) is 0. The normalized spacial score (nSPS) is 11.3. The molecule has 3 aromatic carbocycles. The second kappa shape index (κ2) is 3.70. The first-order chi connectivity index (χ1) is 8.59. The van der Waals surface area contributed by atoms with Crippen molar-refractivity contribution in [1.82, 2.24) is 0 Å². The molecule has 0 unspecified atom stereocenters. The van der Waals surface area contributed by atoms with Gasteiger partial charge in [-0.1, -0.05) is 24.3 Å². The van der Waals surface area contributed by atoms with Crippen LogP contribution in [0.15, 0.2) is 36.4 Å². The van der Waals surface area contributed by atoms with Gasteiger partial charge in [0.05, 0.1) is 0 Å². The molecule has 0 saturated heterocycles. The van der Waals surface area contributed by atoms with E-state index < -0.39 is 23.3 Å². The van der Waals surface area contributed by atoms with Crippen LogP contribution in [0.1, 0.15) is 0 Å². The summed E-state index contributed by atoms with van der Waals surface area (Å²) in [6, 6.07) is 9.45. The molecule has 3 aromatic rings. The first kappa shape index (κ1) is 11.0. The lowest BCUT2D eigenvalue weighted by Crippen LogP contribution is -1.97. The quantitative estimate of drug-likeness (QED) is 0.237. The fourth-order valence-electron chi connectivity index (χ4n) is 2.03. The van der Waals surface area contributed by atoms with Crippen LogP contribution in [0.4, 0.5) is 17.6 Å². The predicted octanol–water partition coefficient (Wildman–Crippen LogP) is 4.55. The first-order valence-electron chi connectivity index (χ1n) is 5.24. The summed E-state index contributed by atoms with van der Waals surface area (Å²) < 4.78 is 53.4. The van der Waals surface area contributed by atoms with Crippen molar-refractivity contribution in [2.45, 2.75) is 0 Å². The summed E-state index contributed by atoms with van der Waals surface area (Å²) in [5, 5.41) is 0.749. The molecule has 0 aliphatic carbocycles. The molecule has 0 atom stereocenters. The van der Waals surface area contributed by atoms with E-state index in [1.165, 1.54) is 12.1 Å². The number of hydrogen-bond donors (Lipinski definition) is 0. The maximum Gasteiger partial charge on any atom is 0.198 e. The summed E-state index contributed by atoms with van der Waals surface area (Å²) >= 11 is 0. The Balaban J connectivity index is 2.58. The van der Waals surface area contributed by atoms with Crippen molar-refractivity contribution in [2.75, 3.05) is 0 Å². The van der Waals surface area contributed by atoms with Gasteiger partial charge in [-0.2, -0.15) is 0 Å². The Morgan fingerprint density at radius 3 is 1.33 bits per heavy atom. The summed E-state index contributed by atoms with van der Waals surface area (Å²) in [4.78, 5) is 0. The molecular weight excluding hydrogens is 244 g/mol. The lowest BCUT2D eigenvalue weighted by atomic mass is 10.0. The van der Waals surface area contributed by atoms with Gasteiger partial charge < -0.3 is 0 Å². The Hall–Kier alpha value is -2.10. The van der Waals surface area contributed by atoms with E-state index in [1.807, 2.05) is 0 Å². The highest BCUT2D eigenvalue weighted by molar-refractivity contribution is 5.98. The topological polar surface area (TPSA) is 0 Å². The number of hydrogen-bond acceptors (Lipinski definition) is 0. The first-order valence-corrected chi connectivity index (χ1v) is 5.24. The molecule has 90 valence electrons. The third kappa shape index (κ3) is 1.38. The van der Waals surface area contributed by atoms with Crippen LogP contribution >= 0.6 is 0 Å². The van der Waals surface area contributed by atoms with Crippen LogP contribution in [-0.2, 0) is 0 Å². The molecule has 0 nitrogen and oxygen atoms in total. The van der Waals surface area contributed by atoms with Crippen molar-refractivity contribution in [2.24, 2.45) is 0 Å². The average molecular weight is 250 g/mol. The Morgan fingerprint density at radius 1 is 0.556 bits per heavy atom. The minimum absolute atomic E-state index is 0.259. The fourth-order valence-corrected chi connectivity index (χ4v) is 2.03. The van der Waals surface area contributed by atoms with E-state index >= 15 is 0 Å². The zero-order valence-electron chi connectivity index (χ0n) is 8.98. The van der Waals surface area contributed by atoms with E-state index in [1.54, 1.807) is 24.3 Å². The van der Waals surface area contributed by atoms with Crippen LogP contribution in [0.3, 0.4) is 0 Å². The monoisotopic (exact) mass is 250 g/mol. The molecule has 3 rings (SSSR count). The molecule has 0 aliphatic heterocycles. The SMILES string of the molecule is Fc1c(F)c(F)c2cc3ccccc3cc2c1F. The van der Waals surface area contributed by atoms with E-state index in [0.717, 1.165) is 0 Å². The number of rotatable bonds is 0. The highest BCUT2D eigenvalue weighted by Gasteiger charge is 2.20. The molecule has 0 N–H and O–H groups in total. The van der Waals surface area contributed by atoms with Gasteiger partial charge >= 0.3 is 0 Å². The molecule has 0 spiro atoms. The highest BCUT2D eigenvalue weighted by atomic mass is 19.2. The van der Waals surface area contributed by atoms with E-state index in [0.29, 0.717) is 10.8 Å². The van der Waals surface area contributed by atoms with Crippen LogP contribution < -0.4 is 0 Å². The summed E-state index contributed by atoms with van der Waals surface area (Å²) in [5.41, 5.74) is 0.